The van der Waals surface area contributed by atoms with Gasteiger partial charge in [0.15, 0.2) is 0 Å². The molecule has 1 aliphatic heterocycles. The van der Waals surface area contributed by atoms with Crippen molar-refractivity contribution in [3.05, 3.63) is 28.2 Å². The maximum absolute atomic E-state index is 12.3. The van der Waals surface area contributed by atoms with Crippen molar-refractivity contribution in [3.63, 3.8) is 0 Å². The molecular formula is C14H20N4O2. The zero-order chi connectivity index (χ0) is 14.1. The molecule has 1 N–H and O–H groups in total. The molecule has 0 spiro atoms. The van der Waals surface area contributed by atoms with Crippen LogP contribution in [0.3, 0.4) is 0 Å². The van der Waals surface area contributed by atoms with Crippen LogP contribution in [0.4, 0.5) is 0 Å². The van der Waals surface area contributed by atoms with Gasteiger partial charge in [0.2, 0.25) is 0 Å². The quantitative estimate of drug-likeness (QED) is 0.863. The molecule has 3 rings (SSSR count). The van der Waals surface area contributed by atoms with Gasteiger partial charge in [0, 0.05) is 38.3 Å². The van der Waals surface area contributed by atoms with Gasteiger partial charge in [0.05, 0.1) is 0 Å². The van der Waals surface area contributed by atoms with Crippen molar-refractivity contribution < 1.29 is 4.79 Å². The molecule has 1 saturated carbocycles. The predicted octanol–water partition coefficient (Wildman–Crippen LogP) is 0.326. The van der Waals surface area contributed by atoms with Gasteiger partial charge in [-0.1, -0.05) is 0 Å². The Morgan fingerprint density at radius 1 is 1.30 bits per heavy atom. The molecule has 1 amide bonds. The van der Waals surface area contributed by atoms with Crippen LogP contribution in [-0.4, -0.2) is 58.1 Å². The third-order valence-corrected chi connectivity index (χ3v) is 4.38. The van der Waals surface area contributed by atoms with E-state index in [0.717, 1.165) is 32.1 Å². The average Bonchev–Trinajstić information content (AvgIpc) is 3.31. The van der Waals surface area contributed by atoms with E-state index in [2.05, 4.69) is 22.0 Å². The van der Waals surface area contributed by atoms with Gasteiger partial charge < -0.3 is 4.90 Å². The molecule has 1 unspecified atom stereocenters. The standard InChI is InChI=1S/C14H20N4O2/c1-10(11-2-3-11)17-6-8-18(9-7-17)14(20)12-4-5-13(19)16-15-12/h4-5,10-11H,2-3,6-9H2,1H3,(H,16,19). The molecule has 1 aliphatic carbocycles. The van der Waals surface area contributed by atoms with Gasteiger partial charge >= 0.3 is 0 Å². The lowest BCUT2D eigenvalue weighted by Gasteiger charge is -2.38. The van der Waals surface area contributed by atoms with Crippen molar-refractivity contribution in [3.8, 4) is 0 Å². The summed E-state index contributed by atoms with van der Waals surface area (Å²) in [5.41, 5.74) is 0.0259. The van der Waals surface area contributed by atoms with Crippen molar-refractivity contribution in [1.29, 1.82) is 0 Å². The summed E-state index contributed by atoms with van der Waals surface area (Å²) in [6, 6.07) is 3.46. The Morgan fingerprint density at radius 2 is 2.00 bits per heavy atom. The molecule has 0 aromatic carbocycles. The first kappa shape index (κ1) is 13.3. The second-order valence-corrected chi connectivity index (χ2v) is 5.71. The fourth-order valence-electron chi connectivity index (χ4n) is 2.83. The van der Waals surface area contributed by atoms with E-state index in [1.807, 2.05) is 4.90 Å². The van der Waals surface area contributed by atoms with Crippen LogP contribution in [0.5, 0.6) is 0 Å². The summed E-state index contributed by atoms with van der Waals surface area (Å²) < 4.78 is 0. The van der Waals surface area contributed by atoms with E-state index in [-0.39, 0.29) is 11.5 Å². The molecule has 108 valence electrons. The third-order valence-electron chi connectivity index (χ3n) is 4.38. The van der Waals surface area contributed by atoms with Crippen LogP contribution in [-0.2, 0) is 0 Å². The number of hydrogen-bond donors (Lipinski definition) is 1. The van der Waals surface area contributed by atoms with Crippen molar-refractivity contribution in [2.75, 3.05) is 26.2 Å². The highest BCUT2D eigenvalue weighted by molar-refractivity contribution is 5.92. The molecule has 2 fully saturated rings. The number of nitrogens with zero attached hydrogens (tertiary/aromatic N) is 3. The highest BCUT2D eigenvalue weighted by atomic mass is 16.2. The van der Waals surface area contributed by atoms with Gasteiger partial charge in [0.25, 0.3) is 11.5 Å². The number of amides is 1. The molecule has 6 heteroatoms. The number of aromatic nitrogens is 2. The van der Waals surface area contributed by atoms with E-state index in [9.17, 15) is 9.59 Å². The lowest BCUT2D eigenvalue weighted by Crippen LogP contribution is -2.52. The largest absolute Gasteiger partial charge is 0.335 e. The number of rotatable bonds is 3. The highest BCUT2D eigenvalue weighted by Crippen LogP contribution is 2.35. The minimum absolute atomic E-state index is 0.0972. The molecule has 2 aliphatic rings. The Bertz CT molecular complexity index is 524. The molecule has 2 heterocycles. The smallest absolute Gasteiger partial charge is 0.274 e. The molecular weight excluding hydrogens is 256 g/mol. The third kappa shape index (κ3) is 2.75. The molecule has 0 radical (unpaired) electrons. The Balaban J connectivity index is 1.58. The minimum atomic E-state index is -0.287. The van der Waals surface area contributed by atoms with Crippen molar-refractivity contribution in [1.82, 2.24) is 20.0 Å². The summed E-state index contributed by atoms with van der Waals surface area (Å²) in [5.74, 6) is 0.762. The maximum atomic E-state index is 12.3. The fraction of sp³-hybridized carbons (Fsp3) is 0.643. The zero-order valence-corrected chi connectivity index (χ0v) is 11.7. The van der Waals surface area contributed by atoms with Crippen LogP contribution in [0, 0.1) is 5.92 Å². The van der Waals surface area contributed by atoms with Gasteiger partial charge in [-0.25, -0.2) is 5.10 Å². The summed E-state index contributed by atoms with van der Waals surface area (Å²) in [5, 5.41) is 6.11. The summed E-state index contributed by atoms with van der Waals surface area (Å²) >= 11 is 0. The van der Waals surface area contributed by atoms with E-state index in [0.29, 0.717) is 11.7 Å². The Labute approximate surface area is 117 Å². The number of hydrogen-bond acceptors (Lipinski definition) is 4. The van der Waals surface area contributed by atoms with Crippen molar-refractivity contribution >= 4 is 5.91 Å². The van der Waals surface area contributed by atoms with Gasteiger partial charge in [0.1, 0.15) is 5.69 Å². The number of piperazine rings is 1. The van der Waals surface area contributed by atoms with Gasteiger partial charge in [-0.15, -0.1) is 0 Å². The summed E-state index contributed by atoms with van der Waals surface area (Å²) in [7, 11) is 0. The highest BCUT2D eigenvalue weighted by Gasteiger charge is 2.34. The van der Waals surface area contributed by atoms with Crippen LogP contribution >= 0.6 is 0 Å². The van der Waals surface area contributed by atoms with Crippen molar-refractivity contribution in [2.24, 2.45) is 5.92 Å². The predicted molar refractivity (Wildman–Crippen MR) is 74.5 cm³/mol. The second-order valence-electron chi connectivity index (χ2n) is 5.71. The van der Waals surface area contributed by atoms with Crippen LogP contribution in [0.2, 0.25) is 0 Å². The number of carbonyl (C=O) groups is 1. The normalized spacial score (nSPS) is 21.8. The Hall–Kier alpha value is -1.69. The molecule has 0 bridgehead atoms. The fourth-order valence-corrected chi connectivity index (χ4v) is 2.83. The minimum Gasteiger partial charge on any atom is -0.335 e. The van der Waals surface area contributed by atoms with E-state index >= 15 is 0 Å². The van der Waals surface area contributed by atoms with Crippen molar-refractivity contribution in [2.45, 2.75) is 25.8 Å². The Kier molecular flexibility index (Phi) is 3.56. The first-order valence-corrected chi connectivity index (χ1v) is 7.24. The summed E-state index contributed by atoms with van der Waals surface area (Å²) in [6.07, 6.45) is 2.70. The van der Waals surface area contributed by atoms with Gasteiger partial charge in [-0.05, 0) is 31.7 Å². The monoisotopic (exact) mass is 276 g/mol. The van der Waals surface area contributed by atoms with E-state index in [4.69, 9.17) is 0 Å². The van der Waals surface area contributed by atoms with Crippen LogP contribution in [0.15, 0.2) is 16.9 Å². The van der Waals surface area contributed by atoms with Crippen LogP contribution in [0.1, 0.15) is 30.3 Å². The number of aromatic amines is 1. The average molecular weight is 276 g/mol. The Morgan fingerprint density at radius 3 is 2.55 bits per heavy atom. The SMILES string of the molecule is CC(C1CC1)N1CCN(C(=O)c2ccc(=O)[nH]n2)CC1. The molecule has 20 heavy (non-hydrogen) atoms. The second kappa shape index (κ2) is 5.36. The summed E-state index contributed by atoms with van der Waals surface area (Å²) in [4.78, 5) is 27.5. The molecule has 1 saturated heterocycles. The lowest BCUT2D eigenvalue weighted by atomic mass is 10.1. The molecule has 6 nitrogen and oxygen atoms in total. The van der Waals surface area contributed by atoms with E-state index < -0.39 is 0 Å². The van der Waals surface area contributed by atoms with Gasteiger partial charge in [-0.2, -0.15) is 5.10 Å². The summed E-state index contributed by atoms with van der Waals surface area (Å²) in [6.45, 7) is 5.60. The van der Waals surface area contributed by atoms with Crippen LogP contribution < -0.4 is 5.56 Å². The molecule has 1 aromatic rings. The lowest BCUT2D eigenvalue weighted by molar-refractivity contribution is 0.0557. The van der Waals surface area contributed by atoms with E-state index in [1.54, 1.807) is 0 Å². The van der Waals surface area contributed by atoms with Crippen LogP contribution in [0.25, 0.3) is 0 Å². The first-order chi connectivity index (χ1) is 9.65. The molecule has 1 aromatic heterocycles. The van der Waals surface area contributed by atoms with E-state index in [1.165, 1.54) is 25.0 Å². The first-order valence-electron chi connectivity index (χ1n) is 7.24. The topological polar surface area (TPSA) is 69.3 Å². The number of nitrogens with one attached hydrogen (secondary N) is 1. The number of carbonyl (C=O) groups excluding carboxylic acids is 1. The van der Waals surface area contributed by atoms with Gasteiger partial charge in [-0.3, -0.25) is 14.5 Å². The molecule has 1 atom stereocenters. The number of H-pyrrole nitrogens is 1. The maximum Gasteiger partial charge on any atom is 0.274 e. The zero-order valence-electron chi connectivity index (χ0n) is 11.7.